The molecule has 1 aromatic carbocycles. The van der Waals surface area contributed by atoms with Gasteiger partial charge < -0.3 is 10.6 Å². The fraction of sp³-hybridized carbons (Fsp3) is 0.478. The number of rotatable bonds is 6. The van der Waals surface area contributed by atoms with E-state index in [1.165, 1.54) is 36.8 Å². The van der Waals surface area contributed by atoms with Crippen molar-refractivity contribution in [1.29, 1.82) is 0 Å². The number of thiophene rings is 1. The fourth-order valence-electron chi connectivity index (χ4n) is 3.74. The number of anilines is 1. The summed E-state index contributed by atoms with van der Waals surface area (Å²) in [6.07, 6.45) is 4.89. The standard InChI is InChI=1S/C23H31N3O2S/c1-17(2)18-7-9-20(10-8-18)25-23(28)22(27)24-15-21(19-11-14-29-16-19)26-12-5-3-4-6-13-26/h7-11,14,16-17,21H,3-6,12-13,15H2,1-2H3,(H,24,27)(H,25,28)/t21-/m0/s1. The minimum atomic E-state index is -0.623. The van der Waals surface area contributed by atoms with Crippen LogP contribution in [0.2, 0.25) is 0 Å². The summed E-state index contributed by atoms with van der Waals surface area (Å²) in [7, 11) is 0. The lowest BCUT2D eigenvalue weighted by molar-refractivity contribution is -0.136. The number of benzene rings is 1. The maximum atomic E-state index is 12.4. The zero-order chi connectivity index (χ0) is 20.6. The van der Waals surface area contributed by atoms with E-state index in [-0.39, 0.29) is 6.04 Å². The van der Waals surface area contributed by atoms with Crippen LogP contribution in [0.3, 0.4) is 0 Å². The van der Waals surface area contributed by atoms with Gasteiger partial charge in [0.15, 0.2) is 0 Å². The monoisotopic (exact) mass is 413 g/mol. The van der Waals surface area contributed by atoms with Crippen LogP contribution in [0.5, 0.6) is 0 Å². The predicted molar refractivity (Wildman–Crippen MR) is 119 cm³/mol. The third-order valence-electron chi connectivity index (χ3n) is 5.51. The van der Waals surface area contributed by atoms with E-state index in [2.05, 4.69) is 46.2 Å². The van der Waals surface area contributed by atoms with Gasteiger partial charge in [0.2, 0.25) is 0 Å². The lowest BCUT2D eigenvalue weighted by Gasteiger charge is -2.30. The lowest BCUT2D eigenvalue weighted by atomic mass is 10.0. The Kier molecular flexibility index (Phi) is 7.83. The van der Waals surface area contributed by atoms with Crippen LogP contribution in [0.15, 0.2) is 41.1 Å². The van der Waals surface area contributed by atoms with Gasteiger partial charge in [-0.05, 0) is 71.9 Å². The summed E-state index contributed by atoms with van der Waals surface area (Å²) in [4.78, 5) is 27.2. The Morgan fingerprint density at radius 3 is 2.24 bits per heavy atom. The second-order valence-electron chi connectivity index (χ2n) is 7.96. The van der Waals surface area contributed by atoms with Crippen LogP contribution in [-0.4, -0.2) is 36.3 Å². The molecule has 6 heteroatoms. The smallest absolute Gasteiger partial charge is 0.313 e. The number of nitrogens with one attached hydrogen (secondary N) is 2. The van der Waals surface area contributed by atoms with Crippen LogP contribution in [0, 0.1) is 0 Å². The summed E-state index contributed by atoms with van der Waals surface area (Å²) >= 11 is 1.66. The molecular weight excluding hydrogens is 382 g/mol. The molecule has 1 fully saturated rings. The molecule has 5 nitrogen and oxygen atoms in total. The molecule has 1 atom stereocenters. The van der Waals surface area contributed by atoms with Crippen LogP contribution in [0.4, 0.5) is 5.69 Å². The van der Waals surface area contributed by atoms with Crippen molar-refractivity contribution in [3.8, 4) is 0 Å². The fourth-order valence-corrected chi connectivity index (χ4v) is 4.45. The maximum Gasteiger partial charge on any atom is 0.313 e. The van der Waals surface area contributed by atoms with Crippen molar-refractivity contribution in [3.63, 3.8) is 0 Å². The molecule has 1 aliphatic rings. The lowest BCUT2D eigenvalue weighted by Crippen LogP contribution is -2.42. The predicted octanol–water partition coefficient (Wildman–Crippen LogP) is 4.54. The highest BCUT2D eigenvalue weighted by molar-refractivity contribution is 7.08. The van der Waals surface area contributed by atoms with Crippen LogP contribution >= 0.6 is 11.3 Å². The molecule has 0 unspecified atom stereocenters. The number of carbonyl (C=O) groups is 2. The molecule has 1 aromatic heterocycles. The highest BCUT2D eigenvalue weighted by Gasteiger charge is 2.24. The molecule has 2 aromatic rings. The van der Waals surface area contributed by atoms with Gasteiger partial charge in [-0.1, -0.05) is 38.8 Å². The molecule has 2 heterocycles. The first kappa shape index (κ1) is 21.5. The molecule has 2 N–H and O–H groups in total. The Balaban J connectivity index is 1.58. The van der Waals surface area contributed by atoms with E-state index in [1.54, 1.807) is 11.3 Å². The summed E-state index contributed by atoms with van der Waals surface area (Å²) in [5, 5.41) is 9.75. The molecule has 1 aliphatic heterocycles. The van der Waals surface area contributed by atoms with Gasteiger partial charge in [-0.3, -0.25) is 14.5 Å². The third kappa shape index (κ3) is 6.15. The highest BCUT2D eigenvalue weighted by Crippen LogP contribution is 2.25. The quantitative estimate of drug-likeness (QED) is 0.683. The number of likely N-dealkylation sites (tertiary alicyclic amines) is 1. The molecule has 0 radical (unpaired) electrons. The maximum absolute atomic E-state index is 12.4. The van der Waals surface area contributed by atoms with Gasteiger partial charge in [-0.2, -0.15) is 11.3 Å². The molecule has 0 bridgehead atoms. The molecule has 2 amide bonds. The van der Waals surface area contributed by atoms with Gasteiger partial charge in [0.25, 0.3) is 0 Å². The van der Waals surface area contributed by atoms with Crippen molar-refractivity contribution < 1.29 is 9.59 Å². The van der Waals surface area contributed by atoms with Crippen LogP contribution in [0.1, 0.15) is 62.6 Å². The Labute approximate surface area is 177 Å². The van der Waals surface area contributed by atoms with Gasteiger partial charge in [0.05, 0.1) is 6.04 Å². The summed E-state index contributed by atoms with van der Waals surface area (Å²) in [6.45, 7) is 6.75. The van der Waals surface area contributed by atoms with E-state index in [0.717, 1.165) is 13.1 Å². The van der Waals surface area contributed by atoms with Crippen molar-refractivity contribution in [2.45, 2.75) is 51.5 Å². The van der Waals surface area contributed by atoms with Gasteiger partial charge in [-0.15, -0.1) is 0 Å². The topological polar surface area (TPSA) is 61.4 Å². The minimum Gasteiger partial charge on any atom is -0.346 e. The first-order chi connectivity index (χ1) is 14.0. The molecular formula is C23H31N3O2S. The summed E-state index contributed by atoms with van der Waals surface area (Å²) in [6, 6.07) is 9.86. The summed E-state index contributed by atoms with van der Waals surface area (Å²) < 4.78 is 0. The Morgan fingerprint density at radius 2 is 1.66 bits per heavy atom. The first-order valence-electron chi connectivity index (χ1n) is 10.5. The second kappa shape index (κ2) is 10.6. The Morgan fingerprint density at radius 1 is 0.966 bits per heavy atom. The van der Waals surface area contributed by atoms with Crippen LogP contribution in [0.25, 0.3) is 0 Å². The molecule has 29 heavy (non-hydrogen) atoms. The Bertz CT molecular complexity index is 779. The minimum absolute atomic E-state index is 0.112. The van der Waals surface area contributed by atoms with E-state index in [9.17, 15) is 9.59 Å². The molecule has 0 spiro atoms. The first-order valence-corrected chi connectivity index (χ1v) is 11.4. The van der Waals surface area contributed by atoms with Gasteiger partial charge in [0.1, 0.15) is 0 Å². The van der Waals surface area contributed by atoms with Gasteiger partial charge in [-0.25, -0.2) is 0 Å². The van der Waals surface area contributed by atoms with Crippen molar-refractivity contribution in [2.24, 2.45) is 0 Å². The number of hydrogen-bond acceptors (Lipinski definition) is 4. The van der Waals surface area contributed by atoms with Crippen molar-refractivity contribution in [1.82, 2.24) is 10.2 Å². The second-order valence-corrected chi connectivity index (χ2v) is 8.74. The third-order valence-corrected chi connectivity index (χ3v) is 6.21. The van der Waals surface area contributed by atoms with Crippen LogP contribution in [-0.2, 0) is 9.59 Å². The average molecular weight is 414 g/mol. The SMILES string of the molecule is CC(C)c1ccc(NC(=O)C(=O)NC[C@@H](c2ccsc2)N2CCCCCC2)cc1. The van der Waals surface area contributed by atoms with Crippen molar-refractivity contribution >= 4 is 28.8 Å². The van der Waals surface area contributed by atoms with Gasteiger partial charge >= 0.3 is 11.8 Å². The van der Waals surface area contributed by atoms with E-state index in [0.29, 0.717) is 18.2 Å². The number of amides is 2. The van der Waals surface area contributed by atoms with E-state index in [1.807, 2.05) is 24.3 Å². The largest absolute Gasteiger partial charge is 0.346 e. The summed E-state index contributed by atoms with van der Waals surface area (Å²) in [5.41, 5.74) is 3.04. The number of hydrogen-bond donors (Lipinski definition) is 2. The zero-order valence-corrected chi connectivity index (χ0v) is 18.1. The normalized spacial score (nSPS) is 16.2. The molecule has 3 rings (SSSR count). The Hall–Kier alpha value is -2.18. The van der Waals surface area contributed by atoms with E-state index >= 15 is 0 Å². The van der Waals surface area contributed by atoms with Crippen molar-refractivity contribution in [3.05, 3.63) is 52.2 Å². The average Bonchev–Trinajstić information content (AvgIpc) is 3.11. The number of carbonyl (C=O) groups excluding carboxylic acids is 2. The van der Waals surface area contributed by atoms with Crippen LogP contribution < -0.4 is 10.6 Å². The zero-order valence-electron chi connectivity index (χ0n) is 17.3. The summed E-state index contributed by atoms with van der Waals surface area (Å²) in [5.74, 6) is -0.786. The molecule has 1 saturated heterocycles. The van der Waals surface area contributed by atoms with Gasteiger partial charge in [0, 0.05) is 12.2 Å². The van der Waals surface area contributed by atoms with Crippen molar-refractivity contribution in [2.75, 3.05) is 25.0 Å². The molecule has 0 saturated carbocycles. The molecule has 0 aliphatic carbocycles. The number of nitrogens with zero attached hydrogens (tertiary/aromatic N) is 1. The molecule has 156 valence electrons. The van der Waals surface area contributed by atoms with E-state index in [4.69, 9.17) is 0 Å². The highest BCUT2D eigenvalue weighted by atomic mass is 32.1. The van der Waals surface area contributed by atoms with E-state index < -0.39 is 11.8 Å².